The highest BCUT2D eigenvalue weighted by molar-refractivity contribution is 5.83. The molecule has 1 aromatic heterocycles. The third-order valence-electron chi connectivity index (χ3n) is 7.64. The zero-order valence-electron chi connectivity index (χ0n) is 20.0. The van der Waals surface area contributed by atoms with Gasteiger partial charge in [0, 0.05) is 45.0 Å². The minimum Gasteiger partial charge on any atom is -0.435 e. The maximum Gasteiger partial charge on any atom is 0.514 e. The molecule has 0 aromatic carbocycles. The summed E-state index contributed by atoms with van der Waals surface area (Å²) in [6, 6.07) is 0.136. The van der Waals surface area contributed by atoms with Crippen LogP contribution in [0.15, 0.2) is 18.5 Å². The van der Waals surface area contributed by atoms with Crippen LogP contribution in [0.3, 0.4) is 0 Å². The Kier molecular flexibility index (Phi) is 6.23. The molecule has 13 heteroatoms. The highest BCUT2D eigenvalue weighted by atomic mass is 19.3. The summed E-state index contributed by atoms with van der Waals surface area (Å²) < 4.78 is 54.7. The molecule has 3 atom stereocenters. The summed E-state index contributed by atoms with van der Waals surface area (Å²) in [6.07, 6.45) is 2.11. The van der Waals surface area contributed by atoms with E-state index in [9.17, 15) is 32.3 Å². The highest BCUT2D eigenvalue weighted by Crippen LogP contribution is 2.44. The number of hydrogen-bond acceptors (Lipinski definition) is 6. The average molecular weight is 504 g/mol. The lowest BCUT2D eigenvalue weighted by atomic mass is 9.99. The summed E-state index contributed by atoms with van der Waals surface area (Å²) in [5.41, 5.74) is -0.981. The first-order valence-electron chi connectivity index (χ1n) is 11.6. The summed E-state index contributed by atoms with van der Waals surface area (Å²) in [5.74, 6) is -9.07. The average Bonchev–Trinajstić information content (AvgIpc) is 3.30. The molecule has 1 unspecified atom stereocenters. The van der Waals surface area contributed by atoms with Gasteiger partial charge < -0.3 is 14.9 Å². The first kappa shape index (κ1) is 25.5. The number of aromatic nitrogens is 2. The number of carbonyl (C=O) groups is 2. The third kappa shape index (κ3) is 4.22. The van der Waals surface area contributed by atoms with Crippen molar-refractivity contribution in [3.63, 3.8) is 0 Å². The molecule has 3 aliphatic heterocycles. The zero-order valence-corrected chi connectivity index (χ0v) is 20.0. The largest absolute Gasteiger partial charge is 0.514 e. The van der Waals surface area contributed by atoms with Gasteiger partial charge in [-0.15, -0.1) is 0 Å². The maximum atomic E-state index is 13.9. The molecule has 0 bridgehead atoms. The van der Waals surface area contributed by atoms with E-state index >= 15 is 0 Å². The number of likely N-dealkylation sites (tertiary alicyclic amines) is 2. The van der Waals surface area contributed by atoms with E-state index in [1.165, 1.54) is 0 Å². The Morgan fingerprint density at radius 1 is 1.03 bits per heavy atom. The summed E-state index contributed by atoms with van der Waals surface area (Å²) >= 11 is 0. The van der Waals surface area contributed by atoms with Crippen LogP contribution < -0.4 is 4.90 Å². The van der Waals surface area contributed by atoms with Gasteiger partial charge in [0.1, 0.15) is 12.1 Å². The fourth-order valence-electron chi connectivity index (χ4n) is 5.64. The Morgan fingerprint density at radius 3 is 2.06 bits per heavy atom. The third-order valence-corrected chi connectivity index (χ3v) is 7.64. The quantitative estimate of drug-likeness (QED) is 0.500. The number of piperazine rings is 1. The minimum atomic E-state index is -4.35. The van der Waals surface area contributed by atoms with E-state index in [0.29, 0.717) is 37.0 Å². The minimum absolute atomic E-state index is 0.0672. The van der Waals surface area contributed by atoms with E-state index in [-0.39, 0.29) is 19.0 Å². The van der Waals surface area contributed by atoms with Gasteiger partial charge in [-0.1, -0.05) is 0 Å². The summed E-state index contributed by atoms with van der Waals surface area (Å²) in [6.45, 7) is 4.54. The van der Waals surface area contributed by atoms with Crippen molar-refractivity contribution < 1.29 is 36.7 Å². The van der Waals surface area contributed by atoms with Crippen LogP contribution in [-0.2, 0) is 4.79 Å². The smallest absolute Gasteiger partial charge is 0.435 e. The van der Waals surface area contributed by atoms with Gasteiger partial charge in [-0.05, 0) is 26.8 Å². The normalized spacial score (nSPS) is 31.1. The molecule has 3 aliphatic rings. The number of amides is 2. The monoisotopic (exact) mass is 503 g/mol. The second-order valence-corrected chi connectivity index (χ2v) is 10.6. The van der Waals surface area contributed by atoms with Crippen LogP contribution >= 0.6 is 0 Å². The van der Waals surface area contributed by atoms with Gasteiger partial charge in [0.2, 0.25) is 5.95 Å². The number of alkyl halides is 4. The first-order valence-corrected chi connectivity index (χ1v) is 11.6. The number of carboxylic acid groups (broad SMARTS) is 1. The van der Waals surface area contributed by atoms with Crippen molar-refractivity contribution in [2.45, 2.75) is 56.7 Å². The van der Waals surface area contributed by atoms with E-state index in [0.717, 1.165) is 0 Å². The molecule has 3 fully saturated rings. The van der Waals surface area contributed by atoms with Gasteiger partial charge in [-0.3, -0.25) is 9.69 Å². The van der Waals surface area contributed by atoms with Crippen LogP contribution in [0.5, 0.6) is 0 Å². The zero-order chi connectivity index (χ0) is 25.8. The van der Waals surface area contributed by atoms with Crippen LogP contribution in [0, 0.1) is 0 Å². The van der Waals surface area contributed by atoms with Crippen LogP contribution in [0.2, 0.25) is 0 Å². The van der Waals surface area contributed by atoms with Crippen LogP contribution in [0.25, 0.3) is 0 Å². The van der Waals surface area contributed by atoms with E-state index in [2.05, 4.69) is 14.9 Å². The topological polar surface area (TPSA) is 89.9 Å². The fourth-order valence-corrected chi connectivity index (χ4v) is 5.64. The number of quaternary nitrogens is 1. The van der Waals surface area contributed by atoms with Crippen molar-refractivity contribution in [3.8, 4) is 0 Å². The van der Waals surface area contributed by atoms with Gasteiger partial charge in [0.05, 0.1) is 19.1 Å². The number of nitrogens with zero attached hydrogens (tertiary/aromatic N) is 6. The van der Waals surface area contributed by atoms with Crippen molar-refractivity contribution in [2.24, 2.45) is 0 Å². The predicted molar refractivity (Wildman–Crippen MR) is 117 cm³/mol. The Hall–Kier alpha value is -2.54. The van der Waals surface area contributed by atoms with Gasteiger partial charge in [-0.25, -0.2) is 14.5 Å². The van der Waals surface area contributed by atoms with Gasteiger partial charge in [0.25, 0.3) is 5.91 Å². The molecule has 2 amide bonds. The fraction of sp³-hybridized carbons (Fsp3) is 0.727. The van der Waals surface area contributed by atoms with E-state index < -0.39 is 53.0 Å². The molecule has 4 rings (SSSR count). The lowest BCUT2D eigenvalue weighted by molar-refractivity contribution is -0.907. The second kappa shape index (κ2) is 8.54. The van der Waals surface area contributed by atoms with Crippen molar-refractivity contribution in [3.05, 3.63) is 18.5 Å². The lowest BCUT2D eigenvalue weighted by Crippen LogP contribution is -2.69. The van der Waals surface area contributed by atoms with Crippen LogP contribution in [-0.4, -0.2) is 117 Å². The number of halogens is 4. The molecule has 4 heterocycles. The molecule has 9 nitrogen and oxygen atoms in total. The predicted octanol–water partition coefficient (Wildman–Crippen LogP) is 2.15. The number of rotatable bonds is 3. The Balaban J connectivity index is 1.57. The van der Waals surface area contributed by atoms with Crippen molar-refractivity contribution >= 4 is 17.9 Å². The van der Waals surface area contributed by atoms with Gasteiger partial charge >= 0.3 is 17.9 Å². The number of carbonyl (C=O) groups excluding carboxylic acids is 1. The molecule has 0 radical (unpaired) electrons. The first-order chi connectivity index (χ1) is 16.2. The standard InChI is InChI=1S/C22H30F4N6O3/c1-20(2,3)32(19(34)35)12-15(29-7-9-30(10-8-29)18-27-5-4-6-28-18)11-16(32)17(33)31-13-21(23,24)22(25,26)14-31/h4-6,15-16H,7-14H2,1-3H3/p+1/t15-,16-,32?/m0/s1. The van der Waals surface area contributed by atoms with E-state index in [1.54, 1.807) is 39.2 Å². The molecule has 3 saturated heterocycles. The highest BCUT2D eigenvalue weighted by Gasteiger charge is 2.68. The Bertz CT molecular complexity index is 952. The van der Waals surface area contributed by atoms with Crippen molar-refractivity contribution in [2.75, 3.05) is 50.7 Å². The summed E-state index contributed by atoms with van der Waals surface area (Å²) in [4.78, 5) is 39.1. The molecule has 0 spiro atoms. The number of anilines is 1. The lowest BCUT2D eigenvalue weighted by Gasteiger charge is -2.45. The molecule has 0 aliphatic carbocycles. The molecule has 35 heavy (non-hydrogen) atoms. The Morgan fingerprint density at radius 2 is 1.57 bits per heavy atom. The van der Waals surface area contributed by atoms with Gasteiger partial charge in [-0.2, -0.15) is 22.4 Å². The van der Waals surface area contributed by atoms with E-state index in [1.807, 2.05) is 4.90 Å². The molecule has 1 N–H and O–H groups in total. The molecular formula is C22H31F4N6O3+. The molecule has 1 aromatic rings. The van der Waals surface area contributed by atoms with Gasteiger partial charge in [0.15, 0.2) is 6.04 Å². The maximum absolute atomic E-state index is 13.9. The molecule has 194 valence electrons. The Labute approximate surface area is 200 Å². The molecular weight excluding hydrogens is 472 g/mol. The van der Waals surface area contributed by atoms with Crippen molar-refractivity contribution in [1.82, 2.24) is 19.8 Å². The van der Waals surface area contributed by atoms with Crippen LogP contribution in [0.4, 0.5) is 28.3 Å². The van der Waals surface area contributed by atoms with Crippen molar-refractivity contribution in [1.29, 1.82) is 0 Å². The van der Waals surface area contributed by atoms with E-state index in [4.69, 9.17) is 0 Å². The SMILES string of the molecule is CC(C)(C)[N+]1(C(=O)O)C[C@@H](N2CCN(c3ncccn3)CC2)C[C@H]1C(=O)N1CC(F)(F)C(F)(F)C1. The second-order valence-electron chi connectivity index (χ2n) is 10.6. The number of hydrogen-bond donors (Lipinski definition) is 1. The summed E-state index contributed by atoms with van der Waals surface area (Å²) in [7, 11) is 0. The van der Waals surface area contributed by atoms with Crippen LogP contribution in [0.1, 0.15) is 27.2 Å². The summed E-state index contributed by atoms with van der Waals surface area (Å²) in [5, 5.41) is 10.3. The molecule has 0 saturated carbocycles.